The fraction of sp³-hybridized carbons (Fsp3) is 0.607. The average molecular weight is 486 g/mol. The molecule has 0 saturated carbocycles. The SMILES string of the molecule is CC(=C[C@H](C(C)C)N(C)C(=O)[C@@H](NC(=O)C1CCCCN1Cc1ccccc1)C(C)(C)C)C(=O)O. The van der Waals surface area contributed by atoms with Gasteiger partial charge in [0.25, 0.3) is 0 Å². The lowest BCUT2D eigenvalue weighted by Crippen LogP contribution is -2.60. The predicted octanol–water partition coefficient (Wildman–Crippen LogP) is 4.09. The van der Waals surface area contributed by atoms with E-state index in [0.29, 0.717) is 6.54 Å². The van der Waals surface area contributed by atoms with Gasteiger partial charge >= 0.3 is 5.97 Å². The van der Waals surface area contributed by atoms with Crippen molar-refractivity contribution in [2.75, 3.05) is 13.6 Å². The van der Waals surface area contributed by atoms with Crippen molar-refractivity contribution in [2.24, 2.45) is 11.3 Å². The van der Waals surface area contributed by atoms with Gasteiger partial charge in [-0.05, 0) is 43.2 Å². The Morgan fingerprint density at radius 3 is 2.34 bits per heavy atom. The van der Waals surface area contributed by atoms with Crippen LogP contribution < -0.4 is 5.32 Å². The molecule has 1 unspecified atom stereocenters. The lowest BCUT2D eigenvalue weighted by atomic mass is 9.84. The van der Waals surface area contributed by atoms with Crippen LogP contribution in [-0.2, 0) is 20.9 Å². The summed E-state index contributed by atoms with van der Waals surface area (Å²) < 4.78 is 0. The number of likely N-dealkylation sites (tertiary alicyclic amines) is 1. The zero-order valence-corrected chi connectivity index (χ0v) is 22.4. The molecule has 1 saturated heterocycles. The van der Waals surface area contributed by atoms with E-state index in [-0.39, 0.29) is 29.3 Å². The molecule has 194 valence electrons. The molecular weight excluding hydrogens is 442 g/mol. The fourth-order valence-corrected chi connectivity index (χ4v) is 4.61. The summed E-state index contributed by atoms with van der Waals surface area (Å²) in [6.07, 6.45) is 4.41. The van der Waals surface area contributed by atoms with Crippen molar-refractivity contribution >= 4 is 17.8 Å². The van der Waals surface area contributed by atoms with E-state index in [1.165, 1.54) is 6.92 Å². The number of piperidine rings is 1. The number of carbonyl (C=O) groups excluding carboxylic acids is 2. The summed E-state index contributed by atoms with van der Waals surface area (Å²) in [5.74, 6) is -1.34. The molecule has 0 aliphatic carbocycles. The van der Waals surface area contributed by atoms with Crippen molar-refractivity contribution in [3.63, 3.8) is 0 Å². The lowest BCUT2D eigenvalue weighted by Gasteiger charge is -2.40. The summed E-state index contributed by atoms with van der Waals surface area (Å²) in [5.41, 5.74) is 0.835. The highest BCUT2D eigenvalue weighted by atomic mass is 16.4. The molecule has 1 aromatic rings. The zero-order chi connectivity index (χ0) is 26.3. The average Bonchev–Trinajstić information content (AvgIpc) is 2.79. The molecule has 1 aliphatic heterocycles. The molecule has 1 aromatic carbocycles. The highest BCUT2D eigenvalue weighted by Gasteiger charge is 2.39. The zero-order valence-electron chi connectivity index (χ0n) is 22.4. The molecule has 2 amide bonds. The van der Waals surface area contributed by atoms with Gasteiger partial charge < -0.3 is 15.3 Å². The summed E-state index contributed by atoms with van der Waals surface area (Å²) in [5, 5.41) is 12.4. The number of likely N-dealkylation sites (N-methyl/N-ethyl adjacent to an activating group) is 1. The largest absolute Gasteiger partial charge is 0.478 e. The first-order chi connectivity index (χ1) is 16.3. The Kier molecular flexibility index (Phi) is 10.1. The molecule has 7 nitrogen and oxygen atoms in total. The van der Waals surface area contributed by atoms with Crippen molar-refractivity contribution in [1.29, 1.82) is 0 Å². The minimum atomic E-state index is -1.01. The Hall–Kier alpha value is -2.67. The van der Waals surface area contributed by atoms with E-state index in [9.17, 15) is 19.5 Å². The third-order valence-corrected chi connectivity index (χ3v) is 6.78. The number of carboxylic acids is 1. The van der Waals surface area contributed by atoms with Crippen LogP contribution in [0.25, 0.3) is 0 Å². The second-order valence-corrected chi connectivity index (χ2v) is 11.1. The van der Waals surface area contributed by atoms with Crippen LogP contribution in [0.3, 0.4) is 0 Å². The summed E-state index contributed by atoms with van der Waals surface area (Å²) in [7, 11) is 1.69. The number of hydrogen-bond acceptors (Lipinski definition) is 4. The molecule has 1 aliphatic rings. The van der Waals surface area contributed by atoms with E-state index >= 15 is 0 Å². The van der Waals surface area contributed by atoms with Crippen LogP contribution in [0.4, 0.5) is 0 Å². The first-order valence-corrected chi connectivity index (χ1v) is 12.6. The maximum Gasteiger partial charge on any atom is 0.331 e. The second-order valence-electron chi connectivity index (χ2n) is 11.1. The number of nitrogens with one attached hydrogen (secondary N) is 1. The van der Waals surface area contributed by atoms with E-state index in [2.05, 4.69) is 22.3 Å². The van der Waals surface area contributed by atoms with Gasteiger partial charge in [0.1, 0.15) is 6.04 Å². The second kappa shape index (κ2) is 12.3. The fourth-order valence-electron chi connectivity index (χ4n) is 4.61. The van der Waals surface area contributed by atoms with Gasteiger partial charge in [-0.1, -0.05) is 77.4 Å². The van der Waals surface area contributed by atoms with Crippen LogP contribution in [0, 0.1) is 11.3 Å². The molecule has 7 heteroatoms. The number of aliphatic carboxylic acids is 1. The van der Waals surface area contributed by atoms with Crippen LogP contribution in [0.1, 0.15) is 66.4 Å². The summed E-state index contributed by atoms with van der Waals surface area (Å²) in [6.45, 7) is 12.8. The van der Waals surface area contributed by atoms with Crippen LogP contribution in [0.2, 0.25) is 0 Å². The summed E-state index contributed by atoms with van der Waals surface area (Å²) in [4.78, 5) is 42.4. The quantitative estimate of drug-likeness (QED) is 0.514. The predicted molar refractivity (Wildman–Crippen MR) is 139 cm³/mol. The van der Waals surface area contributed by atoms with Crippen molar-refractivity contribution < 1.29 is 19.5 Å². The number of rotatable bonds is 9. The monoisotopic (exact) mass is 485 g/mol. The van der Waals surface area contributed by atoms with Gasteiger partial charge in [-0.3, -0.25) is 14.5 Å². The minimum Gasteiger partial charge on any atom is -0.478 e. The highest BCUT2D eigenvalue weighted by Crippen LogP contribution is 2.26. The Bertz CT molecular complexity index is 905. The molecule has 2 rings (SSSR count). The molecule has 3 atom stereocenters. The van der Waals surface area contributed by atoms with Gasteiger partial charge in [0.2, 0.25) is 11.8 Å². The minimum absolute atomic E-state index is 0.00859. The summed E-state index contributed by atoms with van der Waals surface area (Å²) in [6, 6.07) is 8.70. The van der Waals surface area contributed by atoms with Crippen molar-refractivity contribution in [3.8, 4) is 0 Å². The molecule has 0 radical (unpaired) electrons. The normalized spacial score (nSPS) is 19.2. The van der Waals surface area contributed by atoms with Gasteiger partial charge in [0, 0.05) is 19.2 Å². The van der Waals surface area contributed by atoms with E-state index in [0.717, 1.165) is 31.4 Å². The van der Waals surface area contributed by atoms with Gasteiger partial charge in [-0.25, -0.2) is 4.79 Å². The maximum absolute atomic E-state index is 13.7. The van der Waals surface area contributed by atoms with Crippen LogP contribution in [0.15, 0.2) is 42.0 Å². The van der Waals surface area contributed by atoms with Crippen LogP contribution in [-0.4, -0.2) is 64.4 Å². The number of benzene rings is 1. The first-order valence-electron chi connectivity index (χ1n) is 12.6. The van der Waals surface area contributed by atoms with Gasteiger partial charge in [0.15, 0.2) is 0 Å². The Morgan fingerprint density at radius 2 is 1.80 bits per heavy atom. The van der Waals surface area contributed by atoms with Crippen LogP contribution in [0.5, 0.6) is 0 Å². The highest BCUT2D eigenvalue weighted by molar-refractivity contribution is 5.91. The van der Waals surface area contributed by atoms with Gasteiger partial charge in [0.05, 0.1) is 12.1 Å². The number of hydrogen-bond donors (Lipinski definition) is 2. The van der Waals surface area contributed by atoms with E-state index in [1.807, 2.05) is 52.8 Å². The molecular formula is C28H43N3O4. The van der Waals surface area contributed by atoms with Crippen LogP contribution >= 0.6 is 0 Å². The van der Waals surface area contributed by atoms with Gasteiger partial charge in [-0.15, -0.1) is 0 Å². The smallest absolute Gasteiger partial charge is 0.331 e. The number of carbonyl (C=O) groups is 3. The standard InChI is InChI=1S/C28H43N3O4/c1-19(2)23(17-20(3)27(34)35)30(7)26(33)24(28(4,5)6)29-25(32)22-15-11-12-16-31(22)18-21-13-9-8-10-14-21/h8-10,13-14,17,19,22-24H,11-12,15-16,18H2,1-7H3,(H,29,32)(H,34,35)/t22?,23-,24-/m1/s1. The number of amides is 2. The molecule has 35 heavy (non-hydrogen) atoms. The summed E-state index contributed by atoms with van der Waals surface area (Å²) >= 11 is 0. The topological polar surface area (TPSA) is 90.0 Å². The Morgan fingerprint density at radius 1 is 1.17 bits per heavy atom. The Labute approximate surface area is 210 Å². The van der Waals surface area contributed by atoms with Gasteiger partial charge in [-0.2, -0.15) is 0 Å². The molecule has 1 heterocycles. The van der Waals surface area contributed by atoms with Crippen molar-refractivity contribution in [3.05, 3.63) is 47.5 Å². The van der Waals surface area contributed by atoms with Crippen molar-refractivity contribution in [2.45, 2.75) is 85.5 Å². The number of carboxylic acid groups (broad SMARTS) is 1. The van der Waals surface area contributed by atoms with E-state index in [4.69, 9.17) is 0 Å². The lowest BCUT2D eigenvalue weighted by molar-refractivity contribution is -0.142. The molecule has 0 aromatic heterocycles. The first kappa shape index (κ1) is 28.6. The molecule has 1 fully saturated rings. The molecule has 0 bridgehead atoms. The van der Waals surface area contributed by atoms with E-state index < -0.39 is 23.5 Å². The Balaban J connectivity index is 2.24. The molecule has 0 spiro atoms. The number of nitrogens with zero attached hydrogens (tertiary/aromatic N) is 2. The third-order valence-electron chi connectivity index (χ3n) is 6.78. The maximum atomic E-state index is 13.7. The van der Waals surface area contributed by atoms with E-state index in [1.54, 1.807) is 18.0 Å². The van der Waals surface area contributed by atoms with Crippen molar-refractivity contribution in [1.82, 2.24) is 15.1 Å². The third kappa shape index (κ3) is 7.92. The molecule has 2 N–H and O–H groups in total.